The second-order valence-electron chi connectivity index (χ2n) is 4.26. The van der Waals surface area contributed by atoms with Crippen LogP contribution in [0.2, 0.25) is 0 Å². The number of aromatic amines is 1. The molecule has 3 rings (SSSR count). The minimum absolute atomic E-state index is 0.0654. The van der Waals surface area contributed by atoms with Gasteiger partial charge in [-0.15, -0.1) is 0 Å². The molecule has 0 radical (unpaired) electrons. The Labute approximate surface area is 120 Å². The topological polar surface area (TPSA) is 103 Å². The molecule has 0 bridgehead atoms. The van der Waals surface area contributed by atoms with Crippen LogP contribution in [0, 0.1) is 0 Å². The first-order valence-electron chi connectivity index (χ1n) is 5.93. The third-order valence-electron chi connectivity index (χ3n) is 3.05. The average Bonchev–Trinajstić information content (AvgIpc) is 2.46. The molecule has 0 amide bonds. The van der Waals surface area contributed by atoms with E-state index in [4.69, 9.17) is 0 Å². The summed E-state index contributed by atoms with van der Waals surface area (Å²) in [5.41, 5.74) is 0.240. The fourth-order valence-corrected chi connectivity index (χ4v) is 2.75. The van der Waals surface area contributed by atoms with Crippen molar-refractivity contribution in [2.45, 2.75) is 4.90 Å². The van der Waals surface area contributed by atoms with Crippen LogP contribution in [-0.2, 0) is 11.1 Å². The summed E-state index contributed by atoms with van der Waals surface area (Å²) in [4.78, 5) is 25.6. The predicted molar refractivity (Wildman–Crippen MR) is 75.7 cm³/mol. The molecule has 3 aromatic rings. The highest BCUT2D eigenvalue weighted by atomic mass is 32.2. The molecule has 1 aromatic heterocycles. The van der Waals surface area contributed by atoms with Crippen LogP contribution in [0.15, 0.2) is 61.4 Å². The Bertz CT molecular complexity index is 973. The van der Waals surface area contributed by atoms with E-state index in [0.29, 0.717) is 16.6 Å². The highest BCUT2D eigenvalue weighted by Crippen LogP contribution is 2.29. The van der Waals surface area contributed by atoms with Gasteiger partial charge in [-0.1, -0.05) is 30.3 Å². The molecule has 0 aliphatic rings. The van der Waals surface area contributed by atoms with Crippen LogP contribution in [-0.4, -0.2) is 13.7 Å². The molecule has 1 N–H and O–H groups in total. The van der Waals surface area contributed by atoms with E-state index >= 15 is 0 Å². The second kappa shape index (κ2) is 5.12. The Morgan fingerprint density at radius 1 is 1.00 bits per heavy atom. The first-order valence-corrected chi connectivity index (χ1v) is 7.00. The molecule has 0 saturated carbocycles. The Morgan fingerprint density at radius 2 is 1.71 bits per heavy atom. The summed E-state index contributed by atoms with van der Waals surface area (Å²) < 4.78 is 27.2. The molecule has 0 fully saturated rings. The Balaban J connectivity index is 2.45. The van der Waals surface area contributed by atoms with Gasteiger partial charge in [0.05, 0.1) is 10.9 Å². The normalized spacial score (nSPS) is 12.4. The summed E-state index contributed by atoms with van der Waals surface area (Å²) in [5.74, 6) is -0.856. The second-order valence-corrected chi connectivity index (χ2v) is 5.17. The van der Waals surface area contributed by atoms with Crippen molar-refractivity contribution in [3.63, 3.8) is 0 Å². The summed E-state index contributed by atoms with van der Waals surface area (Å²) in [6.45, 7) is 0. The van der Waals surface area contributed by atoms with Crippen molar-refractivity contribution < 1.29 is 13.2 Å². The molecule has 0 spiro atoms. The van der Waals surface area contributed by atoms with E-state index in [2.05, 4.69) is 9.40 Å². The monoisotopic (exact) mass is 302 g/mol. The maximum Gasteiger partial charge on any atom is 0.419 e. The molecule has 1 atom stereocenters. The van der Waals surface area contributed by atoms with Crippen molar-refractivity contribution in [2.75, 3.05) is 0 Å². The van der Waals surface area contributed by atoms with E-state index in [1.54, 1.807) is 36.4 Å². The fourth-order valence-electron chi connectivity index (χ4n) is 2.21. The van der Waals surface area contributed by atoms with Gasteiger partial charge in [-0.2, -0.15) is 0 Å². The van der Waals surface area contributed by atoms with Crippen LogP contribution in [0.5, 0.6) is 0 Å². The van der Waals surface area contributed by atoms with Crippen LogP contribution >= 0.6 is 0 Å². The van der Waals surface area contributed by atoms with Gasteiger partial charge in [0.2, 0.25) is 0 Å². The molecule has 0 aliphatic heterocycles. The largest absolute Gasteiger partial charge is 0.768 e. The van der Waals surface area contributed by atoms with Gasteiger partial charge in [0.1, 0.15) is 0 Å². The average molecular weight is 302 g/mol. The highest BCUT2D eigenvalue weighted by molar-refractivity contribution is 7.79. The zero-order chi connectivity index (χ0) is 15.0. The molecular formula is C14H8NO5S-. The molecular weight excluding hydrogens is 294 g/mol. The number of benzene rings is 2. The maximum absolute atomic E-state index is 11.9. The van der Waals surface area contributed by atoms with Gasteiger partial charge in [0.25, 0.3) is 0 Å². The number of nitrogens with one attached hydrogen (secondary N) is 1. The Kier molecular flexibility index (Phi) is 3.28. The Morgan fingerprint density at radius 3 is 2.48 bits per heavy atom. The van der Waals surface area contributed by atoms with E-state index in [-0.39, 0.29) is 10.3 Å². The molecule has 0 aliphatic carbocycles. The molecule has 1 unspecified atom stereocenters. The zero-order valence-corrected chi connectivity index (χ0v) is 11.3. The SMILES string of the molecule is O=c1[nH]c2cccc(-c3ccccc3S(=O)[O-])c2c(=O)o1. The molecule has 21 heavy (non-hydrogen) atoms. The van der Waals surface area contributed by atoms with Gasteiger partial charge < -0.3 is 8.97 Å². The van der Waals surface area contributed by atoms with E-state index in [1.807, 2.05) is 0 Å². The van der Waals surface area contributed by atoms with Crippen molar-refractivity contribution in [3.8, 4) is 11.1 Å². The molecule has 1 heterocycles. The van der Waals surface area contributed by atoms with E-state index in [9.17, 15) is 18.4 Å². The molecule has 106 valence electrons. The van der Waals surface area contributed by atoms with Gasteiger partial charge in [0, 0.05) is 4.90 Å². The number of H-pyrrole nitrogens is 1. The number of aromatic nitrogens is 1. The summed E-state index contributed by atoms with van der Waals surface area (Å²) in [5, 5.41) is 0.134. The van der Waals surface area contributed by atoms with Gasteiger partial charge in [-0.3, -0.25) is 9.19 Å². The van der Waals surface area contributed by atoms with E-state index in [1.165, 1.54) is 6.07 Å². The van der Waals surface area contributed by atoms with Gasteiger partial charge >= 0.3 is 11.4 Å². The number of fused-ring (bicyclic) bond motifs is 1. The van der Waals surface area contributed by atoms with Crippen molar-refractivity contribution in [1.82, 2.24) is 4.98 Å². The third-order valence-corrected chi connectivity index (χ3v) is 3.76. The van der Waals surface area contributed by atoms with Gasteiger partial charge in [0.15, 0.2) is 0 Å². The van der Waals surface area contributed by atoms with E-state index < -0.39 is 22.5 Å². The van der Waals surface area contributed by atoms with Crippen molar-refractivity contribution in [1.29, 1.82) is 0 Å². The quantitative estimate of drug-likeness (QED) is 0.720. The van der Waals surface area contributed by atoms with Crippen LogP contribution in [0.4, 0.5) is 0 Å². The summed E-state index contributed by atoms with van der Waals surface area (Å²) >= 11 is -2.45. The predicted octanol–water partition coefficient (Wildman–Crippen LogP) is 1.39. The van der Waals surface area contributed by atoms with Crippen molar-refractivity contribution >= 4 is 22.0 Å². The number of hydrogen-bond donors (Lipinski definition) is 1. The Hall–Kier alpha value is -2.51. The minimum atomic E-state index is -2.45. The number of hydrogen-bond acceptors (Lipinski definition) is 5. The fraction of sp³-hybridized carbons (Fsp3) is 0. The smallest absolute Gasteiger partial charge is 0.419 e. The molecule has 7 heteroatoms. The molecule has 0 saturated heterocycles. The lowest BCUT2D eigenvalue weighted by molar-refractivity contribution is 0.460. The van der Waals surface area contributed by atoms with Crippen LogP contribution in [0.25, 0.3) is 22.0 Å². The first kappa shape index (κ1) is 13.5. The van der Waals surface area contributed by atoms with Gasteiger partial charge in [-0.05, 0) is 34.3 Å². The van der Waals surface area contributed by atoms with Crippen molar-refractivity contribution in [3.05, 3.63) is 63.4 Å². The lowest BCUT2D eigenvalue weighted by Gasteiger charge is -2.12. The molecule has 6 nitrogen and oxygen atoms in total. The zero-order valence-electron chi connectivity index (χ0n) is 10.5. The maximum atomic E-state index is 11.9. The van der Waals surface area contributed by atoms with Gasteiger partial charge in [-0.25, -0.2) is 9.59 Å². The highest BCUT2D eigenvalue weighted by Gasteiger charge is 2.13. The lowest BCUT2D eigenvalue weighted by atomic mass is 10.0. The van der Waals surface area contributed by atoms with Crippen LogP contribution < -0.4 is 11.4 Å². The minimum Gasteiger partial charge on any atom is -0.768 e. The summed E-state index contributed by atoms with van der Waals surface area (Å²) in [6.07, 6.45) is 0. The van der Waals surface area contributed by atoms with E-state index in [0.717, 1.165) is 0 Å². The third kappa shape index (κ3) is 2.32. The van der Waals surface area contributed by atoms with Crippen LogP contribution in [0.1, 0.15) is 0 Å². The first-order chi connectivity index (χ1) is 10.1. The van der Waals surface area contributed by atoms with Crippen molar-refractivity contribution in [2.24, 2.45) is 0 Å². The standard InChI is InChI=1S/C14H9NO5S/c16-13-12-9(5-3-6-10(12)15-14(17)20-13)8-4-1-2-7-11(8)21(18)19/h1-7H,(H,15,17)(H,18,19)/p-1. The lowest BCUT2D eigenvalue weighted by Crippen LogP contribution is -2.15. The molecule has 2 aromatic carbocycles. The van der Waals surface area contributed by atoms with Crippen LogP contribution in [0.3, 0.4) is 0 Å². The summed E-state index contributed by atoms with van der Waals surface area (Å²) in [7, 11) is 0. The summed E-state index contributed by atoms with van der Waals surface area (Å²) in [6, 6.07) is 11.0. The number of rotatable bonds is 2.